The van der Waals surface area contributed by atoms with Gasteiger partial charge in [0.25, 0.3) is 6.71 Å². The minimum absolute atomic E-state index is 0.0107. The van der Waals surface area contributed by atoms with Gasteiger partial charge < -0.3 is 19.6 Å². The Labute approximate surface area is 433 Å². The number of fused-ring (bicyclic) bond motifs is 9. The van der Waals surface area contributed by atoms with Crippen molar-refractivity contribution in [2.24, 2.45) is 0 Å². The summed E-state index contributed by atoms with van der Waals surface area (Å²) in [4.78, 5) is 10.4. The van der Waals surface area contributed by atoms with Gasteiger partial charge in [-0.05, 0) is 164 Å². The third-order valence-electron chi connectivity index (χ3n) is 16.6. The van der Waals surface area contributed by atoms with Crippen molar-refractivity contribution in [3.63, 3.8) is 0 Å². The van der Waals surface area contributed by atoms with Gasteiger partial charge in [-0.15, -0.1) is 0 Å². The summed E-state index contributed by atoms with van der Waals surface area (Å²) in [5.41, 5.74) is 25.4. The fraction of sp³-hybridized carbons (Fsp3) is 0.206. The molecule has 73 heavy (non-hydrogen) atoms. The summed E-state index contributed by atoms with van der Waals surface area (Å²) in [7, 11) is 0. The molecule has 4 nitrogen and oxygen atoms in total. The van der Waals surface area contributed by atoms with Crippen molar-refractivity contribution in [2.75, 3.05) is 19.6 Å². The molecular formula is C68H63BN4. The van der Waals surface area contributed by atoms with Crippen LogP contribution in [-0.4, -0.2) is 6.71 Å². The van der Waals surface area contributed by atoms with E-state index in [1.54, 1.807) is 0 Å². The van der Waals surface area contributed by atoms with Crippen LogP contribution in [0.3, 0.4) is 0 Å². The normalized spacial score (nSPS) is 16.6. The number of para-hydroxylation sites is 4. The first-order valence-electron chi connectivity index (χ1n) is 26.3. The van der Waals surface area contributed by atoms with Gasteiger partial charge in [-0.1, -0.05) is 165 Å². The number of nitrogens with zero attached hydrogens (tertiary/aromatic N) is 4. The molecule has 0 fully saturated rings. The van der Waals surface area contributed by atoms with Gasteiger partial charge in [0, 0.05) is 68.4 Å². The van der Waals surface area contributed by atoms with E-state index in [2.05, 4.69) is 288 Å². The van der Waals surface area contributed by atoms with Crippen LogP contribution in [0.1, 0.15) is 101 Å². The van der Waals surface area contributed by atoms with E-state index < -0.39 is 0 Å². The minimum atomic E-state index is -0.281. The maximum atomic E-state index is 2.83. The molecule has 1 aliphatic carbocycles. The standard InChI is InChI=1S/C68H63BN4/c1-44-39-59-63-60(40-44)73-64-53-35-34-52(70(47-24-14-10-15-25-47)48-26-16-11-17-27-48)43-54(53)68(8,9)62(64)61-57(71(49-28-18-12-19-29-49)50-30-20-13-21-31-50)38-37-56(65(61)73)69(63)55-36-33-46(67(5,6)7)42-58(55)72(59)51-32-22-23-45(41-51)66(2,3)4/h10-43,62,64H,1-9H3. The minimum Gasteiger partial charge on any atom is -0.334 e. The Bertz CT molecular complexity index is 3530. The molecule has 9 aromatic rings. The molecule has 0 saturated carbocycles. The van der Waals surface area contributed by atoms with Crippen molar-refractivity contribution >= 4 is 85.7 Å². The molecule has 2 unspecified atom stereocenters. The zero-order valence-corrected chi connectivity index (χ0v) is 43.7. The smallest absolute Gasteiger partial charge is 0.252 e. The zero-order valence-electron chi connectivity index (χ0n) is 43.7. The lowest BCUT2D eigenvalue weighted by atomic mass is 9.33. The van der Waals surface area contributed by atoms with E-state index in [0.29, 0.717) is 0 Å². The first-order chi connectivity index (χ1) is 35.2. The number of rotatable bonds is 7. The first-order valence-corrected chi connectivity index (χ1v) is 26.3. The van der Waals surface area contributed by atoms with Crippen LogP contribution in [0.15, 0.2) is 206 Å². The fourth-order valence-corrected chi connectivity index (χ4v) is 13.1. The summed E-state index contributed by atoms with van der Waals surface area (Å²) >= 11 is 0. The molecule has 0 amide bonds. The highest BCUT2D eigenvalue weighted by Crippen LogP contribution is 2.68. The number of anilines is 11. The van der Waals surface area contributed by atoms with Gasteiger partial charge in [-0.2, -0.15) is 0 Å². The second kappa shape index (κ2) is 16.4. The van der Waals surface area contributed by atoms with Gasteiger partial charge in [-0.3, -0.25) is 0 Å². The summed E-state index contributed by atoms with van der Waals surface area (Å²) in [5.74, 6) is 0.109. The molecule has 0 spiro atoms. The number of hydrogen-bond acceptors (Lipinski definition) is 4. The van der Waals surface area contributed by atoms with Crippen molar-refractivity contribution in [2.45, 2.75) is 90.5 Å². The van der Waals surface area contributed by atoms with Crippen LogP contribution >= 0.6 is 0 Å². The quantitative estimate of drug-likeness (QED) is 0.148. The molecule has 3 heterocycles. The molecule has 9 aromatic carbocycles. The Balaban J connectivity index is 1.10. The Kier molecular flexibility index (Phi) is 10.1. The average molecular weight is 947 g/mol. The molecule has 3 aliphatic heterocycles. The third kappa shape index (κ3) is 6.95. The van der Waals surface area contributed by atoms with Crippen LogP contribution in [0.2, 0.25) is 0 Å². The summed E-state index contributed by atoms with van der Waals surface area (Å²) < 4.78 is 0. The van der Waals surface area contributed by atoms with Crippen LogP contribution in [-0.2, 0) is 16.2 Å². The van der Waals surface area contributed by atoms with E-state index in [1.807, 2.05) is 0 Å². The summed E-state index contributed by atoms with van der Waals surface area (Å²) in [5, 5.41) is 0. The van der Waals surface area contributed by atoms with E-state index in [-0.39, 0.29) is 34.9 Å². The second-order valence-corrected chi connectivity index (χ2v) is 23.5. The highest BCUT2D eigenvalue weighted by Gasteiger charge is 2.59. The van der Waals surface area contributed by atoms with Crippen LogP contribution in [0.4, 0.5) is 62.6 Å². The van der Waals surface area contributed by atoms with Crippen LogP contribution in [0.5, 0.6) is 0 Å². The molecule has 358 valence electrons. The molecule has 0 bridgehead atoms. The predicted molar refractivity (Wildman–Crippen MR) is 311 cm³/mol. The largest absolute Gasteiger partial charge is 0.334 e. The van der Waals surface area contributed by atoms with Crippen LogP contribution in [0, 0.1) is 6.92 Å². The maximum absolute atomic E-state index is 2.83. The monoisotopic (exact) mass is 947 g/mol. The topological polar surface area (TPSA) is 13.0 Å². The Morgan fingerprint density at radius 3 is 1.62 bits per heavy atom. The SMILES string of the molecule is Cc1cc2c3c(c1)N1c4c(ccc(N(c5ccccc5)c5ccccc5)c4C4C1c1ccc(N(c5ccccc5)c5ccccc5)cc1C4(C)C)B3c1ccc(C(C)(C)C)cc1N2c1cccc(C(C)(C)C)c1. The molecule has 0 N–H and O–H groups in total. The van der Waals surface area contributed by atoms with Gasteiger partial charge in [0.2, 0.25) is 0 Å². The number of aryl methyl sites for hydroxylation is 1. The third-order valence-corrected chi connectivity index (χ3v) is 16.6. The van der Waals surface area contributed by atoms with Gasteiger partial charge >= 0.3 is 0 Å². The van der Waals surface area contributed by atoms with Crippen molar-refractivity contribution in [3.8, 4) is 0 Å². The molecule has 0 radical (unpaired) electrons. The summed E-state index contributed by atoms with van der Waals surface area (Å²) in [6.45, 7) is 21.4. The van der Waals surface area contributed by atoms with E-state index in [0.717, 1.165) is 22.7 Å². The molecule has 13 rings (SSSR count). The maximum Gasteiger partial charge on any atom is 0.252 e. The highest BCUT2D eigenvalue weighted by molar-refractivity contribution is 7.00. The van der Waals surface area contributed by atoms with Crippen molar-refractivity contribution in [3.05, 3.63) is 240 Å². The van der Waals surface area contributed by atoms with Gasteiger partial charge in [0.15, 0.2) is 0 Å². The highest BCUT2D eigenvalue weighted by atomic mass is 15.2. The van der Waals surface area contributed by atoms with Crippen molar-refractivity contribution in [1.82, 2.24) is 0 Å². The number of benzene rings is 9. The van der Waals surface area contributed by atoms with Gasteiger partial charge in [-0.25, -0.2) is 0 Å². The zero-order chi connectivity index (χ0) is 50.1. The molecule has 0 aromatic heterocycles. The fourth-order valence-electron chi connectivity index (χ4n) is 13.1. The Morgan fingerprint density at radius 2 is 1.03 bits per heavy atom. The van der Waals surface area contributed by atoms with Gasteiger partial charge in [0.1, 0.15) is 0 Å². The lowest BCUT2D eigenvalue weighted by molar-refractivity contribution is 0.421. The van der Waals surface area contributed by atoms with Crippen LogP contribution in [0.25, 0.3) is 0 Å². The van der Waals surface area contributed by atoms with E-state index in [9.17, 15) is 0 Å². The lowest BCUT2D eigenvalue weighted by Crippen LogP contribution is -2.61. The number of hydrogen-bond donors (Lipinski definition) is 0. The lowest BCUT2D eigenvalue weighted by Gasteiger charge is -2.45. The average Bonchev–Trinajstić information content (AvgIpc) is 3.90. The Morgan fingerprint density at radius 1 is 0.479 bits per heavy atom. The summed E-state index contributed by atoms with van der Waals surface area (Å²) in [6.07, 6.45) is 0. The molecule has 2 atom stereocenters. The predicted octanol–water partition coefficient (Wildman–Crippen LogP) is 16.4. The van der Waals surface area contributed by atoms with Crippen molar-refractivity contribution < 1.29 is 0 Å². The summed E-state index contributed by atoms with van der Waals surface area (Å²) in [6, 6.07) is 77.8. The van der Waals surface area contributed by atoms with E-state index in [1.165, 1.54) is 89.6 Å². The molecule has 5 heteroatoms. The Hall–Kier alpha value is -7.76. The second-order valence-electron chi connectivity index (χ2n) is 23.5. The molecular weight excluding hydrogens is 884 g/mol. The van der Waals surface area contributed by atoms with E-state index in [4.69, 9.17) is 0 Å². The van der Waals surface area contributed by atoms with E-state index >= 15 is 0 Å². The van der Waals surface area contributed by atoms with Gasteiger partial charge in [0.05, 0.1) is 11.7 Å². The molecule has 4 aliphatic rings. The molecule has 0 saturated heterocycles. The van der Waals surface area contributed by atoms with Crippen molar-refractivity contribution in [1.29, 1.82) is 0 Å². The first kappa shape index (κ1) is 45.1. The van der Waals surface area contributed by atoms with Crippen LogP contribution < -0.4 is 36.0 Å².